The minimum Gasteiger partial charge on any atom is -0.327 e. The highest BCUT2D eigenvalue weighted by Crippen LogP contribution is 2.22. The molecule has 2 rings (SSSR count). The molecule has 1 aliphatic heterocycles. The van der Waals surface area contributed by atoms with E-state index in [1.54, 1.807) is 18.2 Å². The molecule has 0 aromatic heterocycles. The van der Waals surface area contributed by atoms with Crippen molar-refractivity contribution in [2.24, 2.45) is 0 Å². The van der Waals surface area contributed by atoms with E-state index in [0.29, 0.717) is 22.3 Å². The first-order valence-electron chi connectivity index (χ1n) is 7.23. The molecule has 1 fully saturated rings. The van der Waals surface area contributed by atoms with E-state index in [-0.39, 0.29) is 5.91 Å². The van der Waals surface area contributed by atoms with Gasteiger partial charge in [0.15, 0.2) is 6.54 Å². The molecule has 2 N–H and O–H groups in total. The van der Waals surface area contributed by atoms with Crippen molar-refractivity contribution in [3.8, 4) is 0 Å². The summed E-state index contributed by atoms with van der Waals surface area (Å²) in [4.78, 5) is 13.5. The Hall–Kier alpha value is -0.770. The Bertz CT molecular complexity index is 437. The fourth-order valence-corrected chi connectivity index (χ4v) is 3.17. The number of quaternary nitrogens is 1. The Morgan fingerprint density at radius 3 is 2.15 bits per heavy atom. The van der Waals surface area contributed by atoms with E-state index in [4.69, 9.17) is 23.2 Å². The Morgan fingerprint density at radius 1 is 1.00 bits per heavy atom. The van der Waals surface area contributed by atoms with Crippen LogP contribution in [-0.4, -0.2) is 25.5 Å². The van der Waals surface area contributed by atoms with Gasteiger partial charge in [-0.25, -0.2) is 0 Å². The van der Waals surface area contributed by atoms with Crippen molar-refractivity contribution in [1.29, 1.82) is 0 Å². The normalized spacial score (nSPS) is 17.3. The Labute approximate surface area is 130 Å². The van der Waals surface area contributed by atoms with E-state index < -0.39 is 0 Å². The van der Waals surface area contributed by atoms with Gasteiger partial charge in [-0.15, -0.1) is 0 Å². The van der Waals surface area contributed by atoms with Crippen LogP contribution in [0.15, 0.2) is 18.2 Å². The fourth-order valence-electron chi connectivity index (χ4n) is 2.64. The fraction of sp³-hybridized carbons (Fsp3) is 0.533. The van der Waals surface area contributed by atoms with Crippen molar-refractivity contribution in [2.45, 2.75) is 32.1 Å². The number of rotatable bonds is 3. The van der Waals surface area contributed by atoms with Crippen LogP contribution in [0.3, 0.4) is 0 Å². The van der Waals surface area contributed by atoms with Gasteiger partial charge in [-0.3, -0.25) is 4.79 Å². The zero-order chi connectivity index (χ0) is 14.4. The number of carbonyl (C=O) groups is 1. The highest BCUT2D eigenvalue weighted by Gasteiger charge is 2.15. The second kappa shape index (κ2) is 7.87. The molecule has 1 aliphatic rings. The van der Waals surface area contributed by atoms with Gasteiger partial charge < -0.3 is 10.2 Å². The zero-order valence-corrected chi connectivity index (χ0v) is 13.1. The minimum absolute atomic E-state index is 0.0268. The molecule has 1 saturated heterocycles. The summed E-state index contributed by atoms with van der Waals surface area (Å²) in [6.45, 7) is 2.69. The third-order valence-electron chi connectivity index (χ3n) is 3.62. The quantitative estimate of drug-likeness (QED) is 0.883. The summed E-state index contributed by atoms with van der Waals surface area (Å²) in [5.41, 5.74) is 0.666. The van der Waals surface area contributed by atoms with Gasteiger partial charge in [-0.05, 0) is 43.9 Å². The molecular weight excluding hydrogens is 295 g/mol. The van der Waals surface area contributed by atoms with E-state index in [9.17, 15) is 4.79 Å². The largest absolute Gasteiger partial charge is 0.327 e. The highest BCUT2D eigenvalue weighted by molar-refractivity contribution is 6.35. The molecule has 1 heterocycles. The molecule has 0 saturated carbocycles. The van der Waals surface area contributed by atoms with Crippen LogP contribution in [0.1, 0.15) is 32.1 Å². The van der Waals surface area contributed by atoms with Gasteiger partial charge in [0.2, 0.25) is 0 Å². The van der Waals surface area contributed by atoms with E-state index in [1.165, 1.54) is 37.0 Å². The molecule has 0 unspecified atom stereocenters. The van der Waals surface area contributed by atoms with Gasteiger partial charge in [-0.1, -0.05) is 29.6 Å². The smallest absolute Gasteiger partial charge is 0.279 e. The molecule has 3 nitrogen and oxygen atoms in total. The first-order chi connectivity index (χ1) is 9.63. The second-order valence-electron chi connectivity index (χ2n) is 5.40. The summed E-state index contributed by atoms with van der Waals surface area (Å²) in [6, 6.07) is 5.09. The standard InChI is InChI=1S/C15H20Cl2N2O/c16-12-8-13(17)10-14(9-12)18-15(20)11-19-6-4-2-1-3-5-7-19/h8-10H,1-7,11H2,(H,18,20)/p+1. The number of nitrogens with one attached hydrogen (secondary N) is 2. The summed E-state index contributed by atoms with van der Waals surface area (Å²) >= 11 is 11.8. The van der Waals surface area contributed by atoms with Crippen molar-refractivity contribution in [1.82, 2.24) is 0 Å². The first kappa shape index (κ1) is 15.6. The summed E-state index contributed by atoms with van der Waals surface area (Å²) in [5.74, 6) is 0.0268. The summed E-state index contributed by atoms with van der Waals surface area (Å²) in [7, 11) is 0. The molecule has 1 aromatic rings. The number of halogens is 2. The molecule has 0 radical (unpaired) electrons. The molecule has 0 spiro atoms. The van der Waals surface area contributed by atoms with Crippen LogP contribution in [0.2, 0.25) is 10.0 Å². The molecule has 0 atom stereocenters. The van der Waals surface area contributed by atoms with Gasteiger partial charge in [0, 0.05) is 15.7 Å². The van der Waals surface area contributed by atoms with Gasteiger partial charge >= 0.3 is 0 Å². The monoisotopic (exact) mass is 315 g/mol. The number of benzene rings is 1. The van der Waals surface area contributed by atoms with Crippen LogP contribution in [0.5, 0.6) is 0 Å². The molecule has 0 aliphatic carbocycles. The van der Waals surface area contributed by atoms with Crippen molar-refractivity contribution in [2.75, 3.05) is 25.0 Å². The number of hydrogen-bond donors (Lipinski definition) is 2. The number of amides is 1. The average Bonchev–Trinajstić information content (AvgIpc) is 2.31. The van der Waals surface area contributed by atoms with Crippen molar-refractivity contribution in [3.63, 3.8) is 0 Å². The summed E-state index contributed by atoms with van der Waals surface area (Å²) in [6.07, 6.45) is 6.34. The Kier molecular flexibility index (Phi) is 6.14. The van der Waals surface area contributed by atoms with Crippen LogP contribution in [-0.2, 0) is 4.79 Å². The number of anilines is 1. The average molecular weight is 316 g/mol. The summed E-state index contributed by atoms with van der Waals surface area (Å²) in [5, 5.41) is 3.95. The van der Waals surface area contributed by atoms with E-state index >= 15 is 0 Å². The topological polar surface area (TPSA) is 33.5 Å². The van der Waals surface area contributed by atoms with Gasteiger partial charge in [-0.2, -0.15) is 0 Å². The molecule has 0 bridgehead atoms. The molecule has 5 heteroatoms. The maximum absolute atomic E-state index is 12.1. The van der Waals surface area contributed by atoms with Crippen molar-refractivity contribution < 1.29 is 9.69 Å². The minimum atomic E-state index is 0.0268. The highest BCUT2D eigenvalue weighted by atomic mass is 35.5. The lowest BCUT2D eigenvalue weighted by Gasteiger charge is -2.21. The number of hydrogen-bond acceptors (Lipinski definition) is 1. The second-order valence-corrected chi connectivity index (χ2v) is 6.27. The van der Waals surface area contributed by atoms with Gasteiger partial charge in [0.05, 0.1) is 13.1 Å². The maximum atomic E-state index is 12.1. The number of carbonyl (C=O) groups excluding carboxylic acids is 1. The first-order valence-corrected chi connectivity index (χ1v) is 7.98. The lowest BCUT2D eigenvalue weighted by Crippen LogP contribution is -3.13. The molecule has 1 aromatic carbocycles. The molecule has 20 heavy (non-hydrogen) atoms. The predicted molar refractivity (Wildman–Crippen MR) is 83.7 cm³/mol. The third kappa shape index (κ3) is 5.31. The van der Waals surface area contributed by atoms with Crippen LogP contribution in [0.4, 0.5) is 5.69 Å². The Morgan fingerprint density at radius 2 is 1.55 bits per heavy atom. The lowest BCUT2D eigenvalue weighted by molar-refractivity contribution is -0.892. The van der Waals surface area contributed by atoms with E-state index in [2.05, 4.69) is 5.32 Å². The van der Waals surface area contributed by atoms with E-state index in [1.807, 2.05) is 0 Å². The SMILES string of the molecule is O=C(C[NH+]1CCCCCCC1)Nc1cc(Cl)cc(Cl)c1. The van der Waals surface area contributed by atoms with Crippen LogP contribution in [0, 0.1) is 0 Å². The maximum Gasteiger partial charge on any atom is 0.279 e. The van der Waals surface area contributed by atoms with Crippen LogP contribution in [0.25, 0.3) is 0 Å². The predicted octanol–water partition coefficient (Wildman–Crippen LogP) is 2.78. The number of likely N-dealkylation sites (tertiary alicyclic amines) is 1. The van der Waals surface area contributed by atoms with E-state index in [0.717, 1.165) is 13.1 Å². The Balaban J connectivity index is 1.87. The van der Waals surface area contributed by atoms with Crippen LogP contribution >= 0.6 is 23.2 Å². The molecular formula is C15H21Cl2N2O+. The summed E-state index contributed by atoms with van der Waals surface area (Å²) < 4.78 is 0. The molecule has 1 amide bonds. The van der Waals surface area contributed by atoms with Crippen LogP contribution < -0.4 is 10.2 Å². The van der Waals surface area contributed by atoms with Crippen molar-refractivity contribution in [3.05, 3.63) is 28.2 Å². The van der Waals surface area contributed by atoms with Gasteiger partial charge in [0.25, 0.3) is 5.91 Å². The zero-order valence-electron chi connectivity index (χ0n) is 11.6. The van der Waals surface area contributed by atoms with Crippen molar-refractivity contribution >= 4 is 34.8 Å². The van der Waals surface area contributed by atoms with Gasteiger partial charge in [0.1, 0.15) is 0 Å². The lowest BCUT2D eigenvalue weighted by atomic mass is 10.1. The third-order valence-corrected chi connectivity index (χ3v) is 4.05. The molecule has 110 valence electrons.